The van der Waals surface area contributed by atoms with E-state index < -0.39 is 0 Å². The van der Waals surface area contributed by atoms with Crippen LogP contribution in [0.25, 0.3) is 0 Å². The smallest absolute Gasteiger partial charge is 0.193 e. The number of aliphatic imine (C=N–C) groups is 1. The normalized spacial score (nSPS) is 11.5. The molecule has 1 aromatic carbocycles. The molecule has 5 heteroatoms. The summed E-state index contributed by atoms with van der Waals surface area (Å²) < 4.78 is 0. The van der Waals surface area contributed by atoms with Crippen LogP contribution in [0.3, 0.4) is 0 Å². The topological polar surface area (TPSA) is 27.6 Å². The van der Waals surface area contributed by atoms with E-state index in [9.17, 15) is 0 Å². The fourth-order valence-electron chi connectivity index (χ4n) is 1.88. The van der Waals surface area contributed by atoms with E-state index >= 15 is 0 Å². The zero-order chi connectivity index (χ0) is 14.8. The van der Waals surface area contributed by atoms with Crippen LogP contribution in [0.5, 0.6) is 0 Å². The highest BCUT2D eigenvalue weighted by molar-refractivity contribution is 7.98. The fraction of sp³-hybridized carbons (Fsp3) is 0.533. The van der Waals surface area contributed by atoms with E-state index in [4.69, 9.17) is 0 Å². The molecule has 0 atom stereocenters. The SMILES string of the molecule is CN=C(NCCCSC)N(C)Cc1ccc(SC)cc1. The monoisotopic (exact) mass is 311 g/mol. The highest BCUT2D eigenvalue weighted by Gasteiger charge is 2.06. The number of rotatable bonds is 7. The summed E-state index contributed by atoms with van der Waals surface area (Å²) in [5.74, 6) is 2.14. The minimum absolute atomic E-state index is 0.872. The number of hydrogen-bond acceptors (Lipinski definition) is 3. The first kappa shape index (κ1) is 17.2. The van der Waals surface area contributed by atoms with Crippen molar-refractivity contribution in [1.82, 2.24) is 10.2 Å². The lowest BCUT2D eigenvalue weighted by atomic mass is 10.2. The third kappa shape index (κ3) is 6.09. The van der Waals surface area contributed by atoms with Crippen molar-refractivity contribution >= 4 is 29.5 Å². The average Bonchev–Trinajstić information content (AvgIpc) is 2.48. The van der Waals surface area contributed by atoms with Crippen molar-refractivity contribution in [3.8, 4) is 0 Å². The Morgan fingerprint density at radius 3 is 2.50 bits per heavy atom. The fourth-order valence-corrected chi connectivity index (χ4v) is 2.72. The van der Waals surface area contributed by atoms with Crippen LogP contribution in [-0.4, -0.2) is 49.8 Å². The molecule has 20 heavy (non-hydrogen) atoms. The molecule has 0 aliphatic heterocycles. The summed E-state index contributed by atoms with van der Waals surface area (Å²) in [4.78, 5) is 7.80. The van der Waals surface area contributed by atoms with E-state index in [-0.39, 0.29) is 0 Å². The van der Waals surface area contributed by atoms with E-state index in [0.29, 0.717) is 0 Å². The molecule has 0 aromatic heterocycles. The molecule has 112 valence electrons. The number of nitrogens with zero attached hydrogens (tertiary/aromatic N) is 2. The van der Waals surface area contributed by atoms with Gasteiger partial charge in [-0.05, 0) is 42.4 Å². The van der Waals surface area contributed by atoms with Crippen molar-refractivity contribution in [3.63, 3.8) is 0 Å². The molecule has 1 aromatic rings. The highest BCUT2D eigenvalue weighted by atomic mass is 32.2. The van der Waals surface area contributed by atoms with E-state index in [1.807, 2.05) is 18.8 Å². The third-order valence-corrected chi connectivity index (χ3v) is 4.40. The standard InChI is InChI=1S/C15H25N3S2/c1-16-15(17-10-5-11-19-3)18(2)12-13-6-8-14(20-4)9-7-13/h6-9H,5,10-12H2,1-4H3,(H,16,17). The van der Waals surface area contributed by atoms with E-state index in [0.717, 1.165) is 25.5 Å². The zero-order valence-electron chi connectivity index (χ0n) is 12.8. The second-order valence-electron chi connectivity index (χ2n) is 4.52. The van der Waals surface area contributed by atoms with E-state index in [1.165, 1.54) is 16.2 Å². The molecule has 0 saturated carbocycles. The number of benzene rings is 1. The largest absolute Gasteiger partial charge is 0.356 e. The van der Waals surface area contributed by atoms with Gasteiger partial charge in [0.2, 0.25) is 0 Å². The van der Waals surface area contributed by atoms with Gasteiger partial charge in [0, 0.05) is 32.1 Å². The first-order valence-electron chi connectivity index (χ1n) is 6.75. The molecule has 0 heterocycles. The molecule has 0 aliphatic rings. The number of hydrogen-bond donors (Lipinski definition) is 1. The molecule has 0 spiro atoms. The lowest BCUT2D eigenvalue weighted by Gasteiger charge is -2.22. The summed E-state index contributed by atoms with van der Waals surface area (Å²) in [6, 6.07) is 8.71. The second kappa shape index (κ2) is 10.00. The van der Waals surface area contributed by atoms with Crippen molar-refractivity contribution in [3.05, 3.63) is 29.8 Å². The lowest BCUT2D eigenvalue weighted by molar-refractivity contribution is 0.477. The van der Waals surface area contributed by atoms with Gasteiger partial charge < -0.3 is 10.2 Å². The van der Waals surface area contributed by atoms with Crippen LogP contribution in [0.4, 0.5) is 0 Å². The molecular weight excluding hydrogens is 286 g/mol. The van der Waals surface area contributed by atoms with Gasteiger partial charge in [0.15, 0.2) is 5.96 Å². The van der Waals surface area contributed by atoms with Crippen LogP contribution >= 0.6 is 23.5 Å². The van der Waals surface area contributed by atoms with Gasteiger partial charge in [-0.15, -0.1) is 11.8 Å². The van der Waals surface area contributed by atoms with Gasteiger partial charge in [-0.2, -0.15) is 11.8 Å². The van der Waals surface area contributed by atoms with Crippen molar-refractivity contribution in [1.29, 1.82) is 0 Å². The summed E-state index contributed by atoms with van der Waals surface area (Å²) in [6.07, 6.45) is 5.40. The Hall–Kier alpha value is -0.810. The van der Waals surface area contributed by atoms with Crippen LogP contribution < -0.4 is 5.32 Å². The second-order valence-corrected chi connectivity index (χ2v) is 6.39. The van der Waals surface area contributed by atoms with Crippen LogP contribution in [0.1, 0.15) is 12.0 Å². The number of thioether (sulfide) groups is 2. The molecule has 0 saturated heterocycles. The predicted molar refractivity (Wildman–Crippen MR) is 94.1 cm³/mol. The van der Waals surface area contributed by atoms with Gasteiger partial charge in [0.1, 0.15) is 0 Å². The van der Waals surface area contributed by atoms with Crippen LogP contribution in [0.15, 0.2) is 34.2 Å². The van der Waals surface area contributed by atoms with Gasteiger partial charge in [-0.3, -0.25) is 4.99 Å². The Morgan fingerprint density at radius 1 is 1.25 bits per heavy atom. The van der Waals surface area contributed by atoms with Crippen molar-refractivity contribution in [2.75, 3.05) is 38.9 Å². The molecular formula is C15H25N3S2. The summed E-state index contributed by atoms with van der Waals surface area (Å²) in [5, 5.41) is 3.41. The van der Waals surface area contributed by atoms with E-state index in [1.54, 1.807) is 11.8 Å². The number of guanidine groups is 1. The maximum absolute atomic E-state index is 4.34. The zero-order valence-corrected chi connectivity index (χ0v) is 14.5. The molecule has 0 amide bonds. The molecule has 1 N–H and O–H groups in total. The van der Waals surface area contributed by atoms with Crippen molar-refractivity contribution in [2.24, 2.45) is 4.99 Å². The summed E-state index contributed by atoms with van der Waals surface area (Å²) in [7, 11) is 3.91. The summed E-state index contributed by atoms with van der Waals surface area (Å²) in [6.45, 7) is 1.85. The van der Waals surface area contributed by atoms with Crippen molar-refractivity contribution in [2.45, 2.75) is 17.9 Å². The predicted octanol–water partition coefficient (Wildman–Crippen LogP) is 3.17. The third-order valence-electron chi connectivity index (χ3n) is 2.96. The van der Waals surface area contributed by atoms with Gasteiger partial charge in [-0.25, -0.2) is 0 Å². The molecule has 3 nitrogen and oxygen atoms in total. The highest BCUT2D eigenvalue weighted by Crippen LogP contribution is 2.15. The Bertz CT molecular complexity index is 404. The molecule has 0 aliphatic carbocycles. The van der Waals surface area contributed by atoms with Gasteiger partial charge in [0.05, 0.1) is 0 Å². The van der Waals surface area contributed by atoms with Crippen LogP contribution in [-0.2, 0) is 6.54 Å². The molecule has 0 fully saturated rings. The molecule has 0 bridgehead atoms. The minimum Gasteiger partial charge on any atom is -0.356 e. The Kier molecular flexibility index (Phi) is 8.62. The quantitative estimate of drug-likeness (QED) is 0.362. The Morgan fingerprint density at radius 2 is 1.95 bits per heavy atom. The minimum atomic E-state index is 0.872. The summed E-state index contributed by atoms with van der Waals surface area (Å²) >= 11 is 3.65. The molecule has 0 radical (unpaired) electrons. The first-order valence-corrected chi connectivity index (χ1v) is 9.36. The maximum Gasteiger partial charge on any atom is 0.193 e. The van der Waals surface area contributed by atoms with Crippen LogP contribution in [0.2, 0.25) is 0 Å². The van der Waals surface area contributed by atoms with Gasteiger partial charge >= 0.3 is 0 Å². The van der Waals surface area contributed by atoms with Gasteiger partial charge in [0.25, 0.3) is 0 Å². The van der Waals surface area contributed by atoms with E-state index in [2.05, 4.69) is 59.0 Å². The average molecular weight is 312 g/mol. The van der Waals surface area contributed by atoms with Gasteiger partial charge in [-0.1, -0.05) is 12.1 Å². The molecule has 1 rings (SSSR count). The first-order chi connectivity index (χ1) is 9.71. The Labute approximate surface area is 131 Å². The lowest BCUT2D eigenvalue weighted by Crippen LogP contribution is -2.39. The number of nitrogens with one attached hydrogen (secondary N) is 1. The van der Waals surface area contributed by atoms with Crippen molar-refractivity contribution < 1.29 is 0 Å². The maximum atomic E-state index is 4.34. The Balaban J connectivity index is 2.47. The summed E-state index contributed by atoms with van der Waals surface area (Å²) in [5.41, 5.74) is 1.30. The van der Waals surface area contributed by atoms with Crippen LogP contribution in [0, 0.1) is 0 Å². The molecule has 0 unspecified atom stereocenters.